The van der Waals surface area contributed by atoms with Crippen molar-refractivity contribution in [2.45, 2.75) is 37.5 Å². The summed E-state index contributed by atoms with van der Waals surface area (Å²) in [5.41, 5.74) is 0.414. The van der Waals surface area contributed by atoms with Crippen LogP contribution in [0.3, 0.4) is 0 Å². The Morgan fingerprint density at radius 3 is 2.25 bits per heavy atom. The lowest BCUT2D eigenvalue weighted by atomic mass is 10.0. The van der Waals surface area contributed by atoms with Crippen molar-refractivity contribution in [3.05, 3.63) is 59.4 Å². The molecule has 1 aromatic carbocycles. The minimum Gasteiger partial charge on any atom is -0.405 e. The van der Waals surface area contributed by atoms with E-state index in [-0.39, 0.29) is 23.3 Å². The van der Waals surface area contributed by atoms with Crippen molar-refractivity contribution in [1.29, 1.82) is 0 Å². The summed E-state index contributed by atoms with van der Waals surface area (Å²) in [5.74, 6) is -3.98. The fourth-order valence-electron chi connectivity index (χ4n) is 2.97. The van der Waals surface area contributed by atoms with Crippen LogP contribution in [-0.2, 0) is 5.92 Å². The molecule has 128 valence electrons. The van der Waals surface area contributed by atoms with Gasteiger partial charge in [-0.15, -0.1) is 13.2 Å². The fraction of sp³-hybridized carbons (Fsp3) is 0.353. The van der Waals surface area contributed by atoms with E-state index in [2.05, 4.69) is 9.72 Å². The maximum Gasteiger partial charge on any atom is 0.573 e. The van der Waals surface area contributed by atoms with Gasteiger partial charge in [0.2, 0.25) is 0 Å². The molecule has 0 radical (unpaired) electrons. The Morgan fingerprint density at radius 2 is 1.58 bits per heavy atom. The molecule has 0 bridgehead atoms. The van der Waals surface area contributed by atoms with Gasteiger partial charge in [-0.1, -0.05) is 24.3 Å². The third-order valence-corrected chi connectivity index (χ3v) is 3.99. The highest BCUT2D eigenvalue weighted by atomic mass is 19.4. The lowest BCUT2D eigenvalue weighted by Crippen LogP contribution is -2.18. The summed E-state index contributed by atoms with van der Waals surface area (Å²) in [6, 6.07) is 8.92. The Bertz CT molecular complexity index is 738. The minimum absolute atomic E-state index is 0.286. The number of para-hydroxylation sites is 1. The zero-order valence-corrected chi connectivity index (χ0v) is 12.6. The number of halogens is 5. The first kappa shape index (κ1) is 16.7. The monoisotopic (exact) mass is 343 g/mol. The lowest BCUT2D eigenvalue weighted by molar-refractivity contribution is -0.274. The topological polar surface area (TPSA) is 22.1 Å². The van der Waals surface area contributed by atoms with E-state index in [0.29, 0.717) is 17.5 Å². The molecule has 2 atom stereocenters. The molecule has 2 nitrogen and oxygen atoms in total. The van der Waals surface area contributed by atoms with E-state index >= 15 is 0 Å². The van der Waals surface area contributed by atoms with Crippen LogP contribution >= 0.6 is 0 Å². The number of nitrogens with zero attached hydrogens (tertiary/aromatic N) is 1. The smallest absolute Gasteiger partial charge is 0.405 e. The normalized spacial score (nSPS) is 20.8. The average molecular weight is 343 g/mol. The molecule has 1 aromatic heterocycles. The summed E-state index contributed by atoms with van der Waals surface area (Å²) in [7, 11) is 0. The summed E-state index contributed by atoms with van der Waals surface area (Å²) in [5, 5.41) is 0. The van der Waals surface area contributed by atoms with Gasteiger partial charge in [0.15, 0.2) is 0 Å². The number of rotatable bonds is 4. The number of benzene rings is 1. The predicted octanol–water partition coefficient (Wildman–Crippen LogP) is 5.36. The van der Waals surface area contributed by atoms with Crippen LogP contribution in [0.25, 0.3) is 0 Å². The van der Waals surface area contributed by atoms with Crippen LogP contribution in [0.2, 0.25) is 0 Å². The first-order chi connectivity index (χ1) is 11.2. The first-order valence-electron chi connectivity index (χ1n) is 7.34. The van der Waals surface area contributed by atoms with Crippen LogP contribution in [0.5, 0.6) is 5.75 Å². The molecule has 1 fully saturated rings. The van der Waals surface area contributed by atoms with Crippen LogP contribution in [0.4, 0.5) is 22.0 Å². The van der Waals surface area contributed by atoms with Crippen molar-refractivity contribution in [3.63, 3.8) is 0 Å². The molecule has 7 heteroatoms. The molecule has 2 aromatic rings. The summed E-state index contributed by atoms with van der Waals surface area (Å²) in [6.07, 6.45) is -3.03. The van der Waals surface area contributed by atoms with E-state index in [0.717, 1.165) is 6.92 Å². The number of hydrogen-bond acceptors (Lipinski definition) is 2. The number of ether oxygens (including phenoxy) is 1. The van der Waals surface area contributed by atoms with Crippen molar-refractivity contribution < 1.29 is 26.7 Å². The third-order valence-electron chi connectivity index (χ3n) is 3.99. The van der Waals surface area contributed by atoms with Crippen molar-refractivity contribution >= 4 is 0 Å². The second kappa shape index (κ2) is 5.72. The van der Waals surface area contributed by atoms with Gasteiger partial charge in [-0.2, -0.15) is 8.78 Å². The van der Waals surface area contributed by atoms with E-state index in [4.69, 9.17) is 0 Å². The Hall–Kier alpha value is -2.18. The average Bonchev–Trinajstić information content (AvgIpc) is 3.25. The standard InChI is InChI=1S/C17H14F5NO/c1-16(18,19)15-11(6-4-8-23-15)13-9-12(13)10-5-2-3-7-14(10)24-17(20,21)22/h2-8,12-13H,9H2,1H3. The van der Waals surface area contributed by atoms with Gasteiger partial charge in [0, 0.05) is 13.1 Å². The van der Waals surface area contributed by atoms with Crippen LogP contribution in [0, 0.1) is 0 Å². The van der Waals surface area contributed by atoms with Gasteiger partial charge >= 0.3 is 6.36 Å². The van der Waals surface area contributed by atoms with Crippen LogP contribution in [0.15, 0.2) is 42.6 Å². The molecule has 0 N–H and O–H groups in total. The number of hydrogen-bond donors (Lipinski definition) is 0. The van der Waals surface area contributed by atoms with Crippen molar-refractivity contribution in [3.8, 4) is 5.75 Å². The molecule has 24 heavy (non-hydrogen) atoms. The molecule has 3 rings (SSSR count). The number of aromatic nitrogens is 1. The molecule has 1 saturated carbocycles. The largest absolute Gasteiger partial charge is 0.573 e. The van der Waals surface area contributed by atoms with E-state index in [1.165, 1.54) is 24.4 Å². The van der Waals surface area contributed by atoms with Gasteiger partial charge in [-0.3, -0.25) is 4.98 Å². The molecule has 0 saturated heterocycles. The summed E-state index contributed by atoms with van der Waals surface area (Å²) >= 11 is 0. The summed E-state index contributed by atoms with van der Waals surface area (Å²) < 4.78 is 69.0. The van der Waals surface area contributed by atoms with Gasteiger partial charge < -0.3 is 4.74 Å². The Kier molecular flexibility index (Phi) is 3.97. The molecule has 2 unspecified atom stereocenters. The zero-order valence-electron chi connectivity index (χ0n) is 12.6. The lowest BCUT2D eigenvalue weighted by Gasteiger charge is -2.15. The van der Waals surface area contributed by atoms with Crippen molar-refractivity contribution in [2.75, 3.05) is 0 Å². The van der Waals surface area contributed by atoms with E-state index in [1.807, 2.05) is 0 Å². The summed E-state index contributed by atoms with van der Waals surface area (Å²) in [6.45, 7) is 0.761. The quantitative estimate of drug-likeness (QED) is 0.697. The third kappa shape index (κ3) is 3.49. The number of alkyl halides is 5. The molecular formula is C17H14F5NO. The van der Waals surface area contributed by atoms with Crippen molar-refractivity contribution in [2.24, 2.45) is 0 Å². The highest BCUT2D eigenvalue weighted by molar-refractivity contribution is 5.45. The molecule has 1 heterocycles. The van der Waals surface area contributed by atoms with E-state index in [9.17, 15) is 22.0 Å². The van der Waals surface area contributed by atoms with Gasteiger partial charge in [-0.25, -0.2) is 0 Å². The van der Waals surface area contributed by atoms with Crippen molar-refractivity contribution in [1.82, 2.24) is 4.98 Å². The molecule has 1 aliphatic carbocycles. The van der Waals surface area contributed by atoms with Gasteiger partial charge in [0.1, 0.15) is 11.4 Å². The maximum atomic E-state index is 13.7. The molecule has 0 aliphatic heterocycles. The first-order valence-corrected chi connectivity index (χ1v) is 7.34. The summed E-state index contributed by atoms with van der Waals surface area (Å²) in [4.78, 5) is 3.76. The predicted molar refractivity (Wildman–Crippen MR) is 77.0 cm³/mol. The SMILES string of the molecule is CC(F)(F)c1ncccc1C1CC1c1ccccc1OC(F)(F)F. The molecule has 0 spiro atoms. The molecular weight excluding hydrogens is 329 g/mol. The minimum atomic E-state index is -4.80. The Morgan fingerprint density at radius 1 is 0.958 bits per heavy atom. The second-order valence-corrected chi connectivity index (χ2v) is 5.86. The van der Waals surface area contributed by atoms with Crippen LogP contribution in [0.1, 0.15) is 42.0 Å². The maximum absolute atomic E-state index is 13.7. The van der Waals surface area contributed by atoms with Crippen LogP contribution in [-0.4, -0.2) is 11.3 Å². The van der Waals surface area contributed by atoms with Gasteiger partial charge in [0.25, 0.3) is 5.92 Å². The Labute approximate surface area is 135 Å². The highest BCUT2D eigenvalue weighted by Crippen LogP contribution is 2.58. The van der Waals surface area contributed by atoms with Gasteiger partial charge in [-0.05, 0) is 41.5 Å². The van der Waals surface area contributed by atoms with E-state index < -0.39 is 12.3 Å². The fourth-order valence-corrected chi connectivity index (χ4v) is 2.97. The molecule has 1 aliphatic rings. The second-order valence-electron chi connectivity index (χ2n) is 5.86. The highest BCUT2D eigenvalue weighted by Gasteiger charge is 2.46. The molecule has 0 amide bonds. The number of pyridine rings is 1. The van der Waals surface area contributed by atoms with E-state index in [1.54, 1.807) is 18.2 Å². The Balaban J connectivity index is 1.90. The van der Waals surface area contributed by atoms with Gasteiger partial charge in [0.05, 0.1) is 0 Å². The van der Waals surface area contributed by atoms with Crippen LogP contribution < -0.4 is 4.74 Å². The zero-order chi connectivity index (χ0) is 17.5.